The Morgan fingerprint density at radius 3 is 2.43 bits per heavy atom. The summed E-state index contributed by atoms with van der Waals surface area (Å²) in [6, 6.07) is 0. The minimum atomic E-state index is 0. The molecule has 0 aromatic heterocycles. The summed E-state index contributed by atoms with van der Waals surface area (Å²) in [6.07, 6.45) is 6.44. The van der Waals surface area contributed by atoms with E-state index in [-0.39, 0.29) is 23.9 Å². The minimum absolute atomic E-state index is 0. The van der Waals surface area contributed by atoms with Crippen molar-refractivity contribution in [3.8, 4) is 0 Å². The van der Waals surface area contributed by atoms with E-state index in [9.17, 15) is 4.79 Å². The normalized spacial score (nSPS) is 36.6. The standard InChI is InChI=1S/C10H18N2O.ClH/c11-7-8-1-4-10(5-2-8)6-3-9(13)12-10;/h8H,1-7,11H2,(H,12,13);1H. The first-order chi connectivity index (χ1) is 6.24. The number of amides is 1. The highest BCUT2D eigenvalue weighted by atomic mass is 35.5. The van der Waals surface area contributed by atoms with Crippen molar-refractivity contribution in [3.05, 3.63) is 0 Å². The molecule has 1 saturated heterocycles. The van der Waals surface area contributed by atoms with Crippen LogP contribution in [0.4, 0.5) is 0 Å². The van der Waals surface area contributed by atoms with Gasteiger partial charge in [-0.3, -0.25) is 4.79 Å². The summed E-state index contributed by atoms with van der Waals surface area (Å²) in [5.74, 6) is 0.939. The molecular formula is C10H19ClN2O. The Morgan fingerprint density at radius 2 is 2.00 bits per heavy atom. The fourth-order valence-electron chi connectivity index (χ4n) is 2.61. The van der Waals surface area contributed by atoms with Gasteiger partial charge in [0.15, 0.2) is 0 Å². The highest BCUT2D eigenvalue weighted by molar-refractivity contribution is 5.85. The lowest BCUT2D eigenvalue weighted by Crippen LogP contribution is -2.45. The maximum atomic E-state index is 11.1. The summed E-state index contributed by atoms with van der Waals surface area (Å²) in [5, 5.41) is 3.13. The first-order valence-electron chi connectivity index (χ1n) is 5.25. The largest absolute Gasteiger partial charge is 0.351 e. The predicted molar refractivity (Wildman–Crippen MR) is 58.4 cm³/mol. The Balaban J connectivity index is 0.000000980. The van der Waals surface area contributed by atoms with Crippen molar-refractivity contribution in [1.29, 1.82) is 0 Å². The van der Waals surface area contributed by atoms with E-state index in [4.69, 9.17) is 5.73 Å². The lowest BCUT2D eigenvalue weighted by atomic mass is 9.76. The molecule has 3 nitrogen and oxygen atoms in total. The quantitative estimate of drug-likeness (QED) is 0.695. The number of nitrogens with two attached hydrogens (primary N) is 1. The number of nitrogens with one attached hydrogen (secondary N) is 1. The van der Waals surface area contributed by atoms with Gasteiger partial charge in [-0.05, 0) is 44.6 Å². The average molecular weight is 219 g/mol. The summed E-state index contributed by atoms with van der Waals surface area (Å²) in [6.45, 7) is 0.810. The van der Waals surface area contributed by atoms with Crippen LogP contribution < -0.4 is 11.1 Å². The zero-order valence-corrected chi connectivity index (χ0v) is 9.24. The molecule has 0 aromatic rings. The Morgan fingerprint density at radius 1 is 1.36 bits per heavy atom. The predicted octanol–water partition coefficient (Wildman–Crippen LogP) is 1.21. The van der Waals surface area contributed by atoms with Crippen LogP contribution >= 0.6 is 12.4 Å². The van der Waals surface area contributed by atoms with Crippen molar-refractivity contribution < 1.29 is 4.79 Å². The number of halogens is 1. The average Bonchev–Trinajstić information content (AvgIpc) is 2.49. The van der Waals surface area contributed by atoms with Crippen LogP contribution in [0.3, 0.4) is 0 Å². The van der Waals surface area contributed by atoms with E-state index in [1.54, 1.807) is 0 Å². The van der Waals surface area contributed by atoms with Crippen LogP contribution in [-0.4, -0.2) is 18.0 Å². The molecule has 1 heterocycles. The fourth-order valence-corrected chi connectivity index (χ4v) is 2.61. The molecule has 4 heteroatoms. The van der Waals surface area contributed by atoms with E-state index >= 15 is 0 Å². The van der Waals surface area contributed by atoms with Gasteiger partial charge >= 0.3 is 0 Å². The van der Waals surface area contributed by atoms with Gasteiger partial charge in [0.1, 0.15) is 0 Å². The Bertz CT molecular complexity index is 212. The van der Waals surface area contributed by atoms with E-state index < -0.39 is 0 Å². The summed E-state index contributed by atoms with van der Waals surface area (Å²) in [7, 11) is 0. The van der Waals surface area contributed by atoms with Crippen LogP contribution in [-0.2, 0) is 4.79 Å². The molecule has 1 amide bonds. The molecule has 2 aliphatic rings. The second-order valence-electron chi connectivity index (χ2n) is 4.51. The van der Waals surface area contributed by atoms with Gasteiger partial charge in [-0.25, -0.2) is 0 Å². The van der Waals surface area contributed by atoms with Crippen molar-refractivity contribution in [2.75, 3.05) is 6.54 Å². The fraction of sp³-hybridized carbons (Fsp3) is 0.900. The molecule has 2 fully saturated rings. The van der Waals surface area contributed by atoms with Crippen molar-refractivity contribution >= 4 is 18.3 Å². The number of hydrogen-bond acceptors (Lipinski definition) is 2. The first-order valence-corrected chi connectivity index (χ1v) is 5.25. The van der Waals surface area contributed by atoms with Crippen LogP contribution in [0.25, 0.3) is 0 Å². The third kappa shape index (κ3) is 2.20. The van der Waals surface area contributed by atoms with Crippen molar-refractivity contribution in [3.63, 3.8) is 0 Å². The zero-order valence-electron chi connectivity index (χ0n) is 8.42. The molecule has 0 bridgehead atoms. The highest BCUT2D eigenvalue weighted by Gasteiger charge is 2.40. The number of hydrogen-bond donors (Lipinski definition) is 2. The molecule has 2 rings (SSSR count). The Hall–Kier alpha value is -0.280. The van der Waals surface area contributed by atoms with Gasteiger partial charge in [-0.2, -0.15) is 0 Å². The van der Waals surface area contributed by atoms with Gasteiger partial charge in [0, 0.05) is 12.0 Å². The molecule has 14 heavy (non-hydrogen) atoms. The monoisotopic (exact) mass is 218 g/mol. The van der Waals surface area contributed by atoms with Crippen LogP contribution in [0.1, 0.15) is 38.5 Å². The second kappa shape index (κ2) is 4.49. The second-order valence-corrected chi connectivity index (χ2v) is 4.51. The molecule has 0 atom stereocenters. The third-order valence-corrected chi connectivity index (χ3v) is 3.63. The van der Waals surface area contributed by atoms with E-state index in [1.807, 2.05) is 0 Å². The maximum absolute atomic E-state index is 11.1. The van der Waals surface area contributed by atoms with Gasteiger partial charge in [0.05, 0.1) is 0 Å². The van der Waals surface area contributed by atoms with Crippen LogP contribution in [0.15, 0.2) is 0 Å². The maximum Gasteiger partial charge on any atom is 0.220 e. The van der Waals surface area contributed by atoms with E-state index in [1.165, 1.54) is 12.8 Å². The van der Waals surface area contributed by atoms with Gasteiger partial charge in [0.2, 0.25) is 5.91 Å². The SMILES string of the molecule is Cl.NCC1CCC2(CCC(=O)N2)CC1. The van der Waals surface area contributed by atoms with E-state index in [0.717, 1.165) is 32.2 Å². The zero-order chi connectivity index (χ0) is 9.31. The Labute approximate surface area is 91.2 Å². The van der Waals surface area contributed by atoms with E-state index in [0.29, 0.717) is 5.92 Å². The van der Waals surface area contributed by atoms with Crippen molar-refractivity contribution in [2.24, 2.45) is 11.7 Å². The van der Waals surface area contributed by atoms with Gasteiger partial charge < -0.3 is 11.1 Å². The third-order valence-electron chi connectivity index (χ3n) is 3.63. The molecule has 82 valence electrons. The minimum Gasteiger partial charge on any atom is -0.351 e. The number of carbonyl (C=O) groups excluding carboxylic acids is 1. The molecule has 1 saturated carbocycles. The first kappa shape index (κ1) is 11.8. The molecule has 0 unspecified atom stereocenters. The summed E-state index contributed by atoms with van der Waals surface area (Å²) in [5.41, 5.74) is 5.80. The summed E-state index contributed by atoms with van der Waals surface area (Å²) < 4.78 is 0. The smallest absolute Gasteiger partial charge is 0.220 e. The summed E-state index contributed by atoms with van der Waals surface area (Å²) in [4.78, 5) is 11.1. The molecule has 0 aromatic carbocycles. The van der Waals surface area contributed by atoms with Crippen LogP contribution in [0.5, 0.6) is 0 Å². The van der Waals surface area contributed by atoms with Crippen LogP contribution in [0, 0.1) is 5.92 Å². The molecule has 0 radical (unpaired) electrons. The Kier molecular flexibility index (Phi) is 3.78. The van der Waals surface area contributed by atoms with Gasteiger partial charge in [-0.1, -0.05) is 0 Å². The number of carbonyl (C=O) groups is 1. The molecule has 1 spiro atoms. The van der Waals surface area contributed by atoms with Gasteiger partial charge in [-0.15, -0.1) is 12.4 Å². The highest BCUT2D eigenvalue weighted by Crippen LogP contribution is 2.37. The molecule has 3 N–H and O–H groups in total. The molecule has 1 aliphatic heterocycles. The van der Waals surface area contributed by atoms with Crippen molar-refractivity contribution in [1.82, 2.24) is 5.32 Å². The molecular weight excluding hydrogens is 200 g/mol. The van der Waals surface area contributed by atoms with Crippen LogP contribution in [0.2, 0.25) is 0 Å². The lowest BCUT2D eigenvalue weighted by molar-refractivity contribution is -0.120. The van der Waals surface area contributed by atoms with E-state index in [2.05, 4.69) is 5.32 Å². The number of rotatable bonds is 1. The summed E-state index contributed by atoms with van der Waals surface area (Å²) >= 11 is 0. The molecule has 1 aliphatic carbocycles. The lowest BCUT2D eigenvalue weighted by Gasteiger charge is -2.36. The van der Waals surface area contributed by atoms with Crippen molar-refractivity contribution in [2.45, 2.75) is 44.1 Å². The van der Waals surface area contributed by atoms with Gasteiger partial charge in [0.25, 0.3) is 0 Å². The topological polar surface area (TPSA) is 55.1 Å².